The van der Waals surface area contributed by atoms with Crippen molar-refractivity contribution in [2.24, 2.45) is 0 Å². The van der Waals surface area contributed by atoms with Gasteiger partial charge in [-0.15, -0.1) is 0 Å². The Labute approximate surface area is 115 Å². The van der Waals surface area contributed by atoms with Crippen molar-refractivity contribution in [1.29, 1.82) is 0 Å². The summed E-state index contributed by atoms with van der Waals surface area (Å²) >= 11 is 0.233. The molecule has 0 N–H and O–H groups in total. The standard InChI is InChI=1S/C12H24N2O2Te/c1-7-15-8-2-13(1)5-11-17-12-6-14-3-9-16-10-4-14/h1-12H2. The summed E-state index contributed by atoms with van der Waals surface area (Å²) in [6, 6.07) is 0. The van der Waals surface area contributed by atoms with Crippen LogP contribution in [0.3, 0.4) is 0 Å². The number of hydrogen-bond donors (Lipinski definition) is 0. The first-order chi connectivity index (χ1) is 8.45. The second kappa shape index (κ2) is 8.68. The van der Waals surface area contributed by atoms with Gasteiger partial charge in [-0.05, 0) is 0 Å². The van der Waals surface area contributed by atoms with Gasteiger partial charge in [-0.1, -0.05) is 0 Å². The molecule has 0 radical (unpaired) electrons. The summed E-state index contributed by atoms with van der Waals surface area (Å²) in [6.45, 7) is 11.0. The third-order valence-electron chi connectivity index (χ3n) is 3.31. The Balaban J connectivity index is 1.42. The van der Waals surface area contributed by atoms with E-state index in [9.17, 15) is 0 Å². The zero-order valence-corrected chi connectivity index (χ0v) is 12.9. The molecule has 100 valence electrons. The summed E-state index contributed by atoms with van der Waals surface area (Å²) in [7, 11) is 0. The van der Waals surface area contributed by atoms with Gasteiger partial charge in [-0.25, -0.2) is 0 Å². The normalized spacial score (nSPS) is 24.0. The molecule has 5 heteroatoms. The van der Waals surface area contributed by atoms with Crippen molar-refractivity contribution in [2.45, 2.75) is 8.94 Å². The Hall–Kier alpha value is 0.630. The van der Waals surface area contributed by atoms with E-state index in [1.165, 1.54) is 22.0 Å². The molecule has 0 aliphatic carbocycles. The molecule has 0 aromatic heterocycles. The van der Waals surface area contributed by atoms with Crippen LogP contribution in [-0.4, -0.2) is 96.4 Å². The Morgan fingerprint density at radius 2 is 1.12 bits per heavy atom. The third kappa shape index (κ3) is 5.87. The molecule has 0 bridgehead atoms. The molecule has 0 aromatic carbocycles. The van der Waals surface area contributed by atoms with E-state index in [2.05, 4.69) is 9.80 Å². The number of morpholine rings is 2. The van der Waals surface area contributed by atoms with Crippen LogP contribution in [0.2, 0.25) is 8.94 Å². The minimum atomic E-state index is 0.233. The molecule has 0 atom stereocenters. The Kier molecular flexibility index (Phi) is 7.18. The van der Waals surface area contributed by atoms with E-state index in [0.29, 0.717) is 0 Å². The van der Waals surface area contributed by atoms with Crippen LogP contribution in [0.5, 0.6) is 0 Å². The van der Waals surface area contributed by atoms with Gasteiger partial charge in [0.2, 0.25) is 0 Å². The summed E-state index contributed by atoms with van der Waals surface area (Å²) in [4.78, 5) is 5.12. The van der Waals surface area contributed by atoms with Crippen molar-refractivity contribution in [3.63, 3.8) is 0 Å². The monoisotopic (exact) mass is 358 g/mol. The van der Waals surface area contributed by atoms with Crippen molar-refractivity contribution in [2.75, 3.05) is 65.7 Å². The molecule has 0 amide bonds. The van der Waals surface area contributed by atoms with Crippen LogP contribution in [0.1, 0.15) is 0 Å². The van der Waals surface area contributed by atoms with Crippen LogP contribution in [0.4, 0.5) is 0 Å². The van der Waals surface area contributed by atoms with Crippen LogP contribution >= 0.6 is 0 Å². The molecule has 2 rings (SSSR count). The summed E-state index contributed by atoms with van der Waals surface area (Å²) in [6.07, 6.45) is 0. The van der Waals surface area contributed by atoms with Gasteiger partial charge in [0.05, 0.1) is 0 Å². The van der Waals surface area contributed by atoms with Gasteiger partial charge in [0.1, 0.15) is 0 Å². The molecule has 0 aromatic rings. The molecule has 4 nitrogen and oxygen atoms in total. The maximum absolute atomic E-state index is 5.36. The van der Waals surface area contributed by atoms with E-state index >= 15 is 0 Å². The first-order valence-corrected chi connectivity index (χ1v) is 9.93. The Morgan fingerprint density at radius 3 is 1.53 bits per heavy atom. The van der Waals surface area contributed by atoms with Crippen LogP contribution in [-0.2, 0) is 9.47 Å². The van der Waals surface area contributed by atoms with E-state index in [0.717, 1.165) is 52.6 Å². The average molecular weight is 356 g/mol. The zero-order valence-electron chi connectivity index (χ0n) is 10.6. The molecule has 2 saturated heterocycles. The van der Waals surface area contributed by atoms with E-state index in [1.807, 2.05) is 0 Å². The molecule has 2 heterocycles. The van der Waals surface area contributed by atoms with Gasteiger partial charge >= 0.3 is 115 Å². The van der Waals surface area contributed by atoms with E-state index in [-0.39, 0.29) is 20.9 Å². The minimum absolute atomic E-state index is 0.233. The van der Waals surface area contributed by atoms with E-state index < -0.39 is 0 Å². The van der Waals surface area contributed by atoms with Gasteiger partial charge in [0, 0.05) is 0 Å². The fourth-order valence-corrected chi connectivity index (χ4v) is 4.93. The van der Waals surface area contributed by atoms with Crippen molar-refractivity contribution in [3.8, 4) is 0 Å². The molecule has 17 heavy (non-hydrogen) atoms. The van der Waals surface area contributed by atoms with Gasteiger partial charge in [-0.2, -0.15) is 0 Å². The SMILES string of the molecule is C1CN(CC[Te]CCN2CCOCC2)CCO1. The summed E-state index contributed by atoms with van der Waals surface area (Å²) in [5.41, 5.74) is 0. The number of ether oxygens (including phenoxy) is 2. The van der Waals surface area contributed by atoms with Crippen molar-refractivity contribution in [1.82, 2.24) is 9.80 Å². The van der Waals surface area contributed by atoms with Gasteiger partial charge in [0.25, 0.3) is 0 Å². The predicted octanol–water partition coefficient (Wildman–Crippen LogP) is 0.192. The number of rotatable bonds is 6. The topological polar surface area (TPSA) is 24.9 Å². The summed E-state index contributed by atoms with van der Waals surface area (Å²) in [5, 5.41) is 0. The van der Waals surface area contributed by atoms with Crippen LogP contribution in [0, 0.1) is 0 Å². The van der Waals surface area contributed by atoms with Crippen molar-refractivity contribution in [3.05, 3.63) is 0 Å². The quantitative estimate of drug-likeness (QED) is 0.502. The van der Waals surface area contributed by atoms with Crippen LogP contribution in [0.25, 0.3) is 0 Å². The first-order valence-electron chi connectivity index (χ1n) is 6.63. The van der Waals surface area contributed by atoms with Gasteiger partial charge < -0.3 is 0 Å². The fourth-order valence-electron chi connectivity index (χ4n) is 2.14. The van der Waals surface area contributed by atoms with Gasteiger partial charge in [0.15, 0.2) is 0 Å². The second-order valence-electron chi connectivity index (χ2n) is 4.52. The molecule has 2 aliphatic rings. The molecule has 2 aliphatic heterocycles. The molecule has 0 spiro atoms. The van der Waals surface area contributed by atoms with E-state index in [1.54, 1.807) is 0 Å². The molecular formula is C12H24N2O2Te. The predicted molar refractivity (Wildman–Crippen MR) is 69.9 cm³/mol. The van der Waals surface area contributed by atoms with Crippen molar-refractivity contribution >= 4 is 20.9 Å². The maximum atomic E-state index is 5.36. The summed E-state index contributed by atoms with van der Waals surface area (Å²) in [5.74, 6) is 0. The third-order valence-corrected chi connectivity index (χ3v) is 6.00. The summed E-state index contributed by atoms with van der Waals surface area (Å²) < 4.78 is 13.6. The first kappa shape index (κ1) is 14.0. The van der Waals surface area contributed by atoms with E-state index in [4.69, 9.17) is 9.47 Å². The van der Waals surface area contributed by atoms with Crippen LogP contribution < -0.4 is 0 Å². The number of hydrogen-bond acceptors (Lipinski definition) is 4. The zero-order chi connectivity index (χ0) is 11.8. The molecular weight excluding hydrogens is 332 g/mol. The van der Waals surface area contributed by atoms with Crippen molar-refractivity contribution < 1.29 is 9.47 Å². The molecule has 0 unspecified atom stereocenters. The van der Waals surface area contributed by atoms with Gasteiger partial charge in [-0.3, -0.25) is 0 Å². The second-order valence-corrected chi connectivity index (χ2v) is 8.02. The fraction of sp³-hybridized carbons (Fsp3) is 1.00. The average Bonchev–Trinajstić information content (AvgIpc) is 2.41. The molecule has 0 saturated carbocycles. The Morgan fingerprint density at radius 1 is 0.706 bits per heavy atom. The van der Waals surface area contributed by atoms with Crippen LogP contribution in [0.15, 0.2) is 0 Å². The Bertz CT molecular complexity index is 175. The molecule has 2 fully saturated rings. The number of nitrogens with zero attached hydrogens (tertiary/aromatic N) is 2.